The molecule has 2 unspecified atom stereocenters. The Bertz CT molecular complexity index is 838. The van der Waals surface area contributed by atoms with E-state index in [0.717, 1.165) is 28.5 Å². The number of aliphatic carboxylic acids is 1. The number of esters is 1. The first-order valence-electron chi connectivity index (χ1n) is 9.34. The number of Topliss-reactive ketones (excluding diaryl/α,β-unsaturated/α-hetero) is 1. The van der Waals surface area contributed by atoms with Crippen LogP contribution in [0.3, 0.4) is 0 Å². The quantitative estimate of drug-likeness (QED) is 0.504. The molecule has 3 N–H and O–H groups in total. The van der Waals surface area contributed by atoms with Gasteiger partial charge in [0.05, 0.1) is 23.9 Å². The van der Waals surface area contributed by atoms with Gasteiger partial charge in [0, 0.05) is 11.2 Å². The zero-order chi connectivity index (χ0) is 21.8. The van der Waals surface area contributed by atoms with Gasteiger partial charge in [-0.25, -0.2) is 0 Å². The smallest absolute Gasteiger partial charge is 0.315 e. The predicted molar refractivity (Wildman–Crippen MR) is 111 cm³/mol. The van der Waals surface area contributed by atoms with E-state index >= 15 is 0 Å². The van der Waals surface area contributed by atoms with E-state index in [1.807, 2.05) is 6.92 Å². The van der Waals surface area contributed by atoms with Crippen molar-refractivity contribution < 1.29 is 34.4 Å². The number of ether oxygens (including phenoxy) is 1. The van der Waals surface area contributed by atoms with Crippen LogP contribution >= 0.6 is 23.5 Å². The van der Waals surface area contributed by atoms with Crippen LogP contribution in [-0.2, 0) is 19.1 Å². The maximum Gasteiger partial charge on any atom is 0.315 e. The molecule has 0 aromatic rings. The third-order valence-electron chi connectivity index (χ3n) is 6.56. The second-order valence-electron chi connectivity index (χ2n) is 8.07. The Morgan fingerprint density at radius 2 is 1.83 bits per heavy atom. The van der Waals surface area contributed by atoms with Crippen LogP contribution in [0.5, 0.6) is 0 Å². The number of rotatable bonds is 7. The van der Waals surface area contributed by atoms with Gasteiger partial charge in [-0.05, 0) is 44.8 Å². The van der Waals surface area contributed by atoms with Gasteiger partial charge >= 0.3 is 11.9 Å². The molecule has 160 valence electrons. The molecule has 0 radical (unpaired) electrons. The lowest BCUT2D eigenvalue weighted by Crippen LogP contribution is -2.63. The second-order valence-corrected chi connectivity index (χ2v) is 10.1. The number of carboxylic acid groups (broad SMARTS) is 1. The fourth-order valence-corrected chi connectivity index (χ4v) is 6.97. The molecule has 1 spiro atoms. The highest BCUT2D eigenvalue weighted by Crippen LogP contribution is 2.67. The number of carbonyl (C=O) groups is 3. The van der Waals surface area contributed by atoms with Gasteiger partial charge in [0.15, 0.2) is 5.60 Å². The molecule has 0 bridgehead atoms. The number of hydrogen-bond acceptors (Lipinski definition) is 8. The fraction of sp³-hybridized carbons (Fsp3) is 0.650. The summed E-state index contributed by atoms with van der Waals surface area (Å²) < 4.78 is 4.69. The van der Waals surface area contributed by atoms with E-state index in [-0.39, 0.29) is 11.5 Å². The van der Waals surface area contributed by atoms with Crippen molar-refractivity contribution in [1.29, 1.82) is 0 Å². The minimum atomic E-state index is -1.96. The number of hydrogen-bond donors (Lipinski definition) is 3. The SMILES string of the molecule is COC(=O)CSC1C(C)=C(CSCC(=O)O)C2=C(C)C3(CC3)[C@@](C)(O)C(=O)C21O. The van der Waals surface area contributed by atoms with E-state index in [0.29, 0.717) is 24.2 Å². The van der Waals surface area contributed by atoms with Gasteiger partial charge in [-0.3, -0.25) is 14.4 Å². The highest BCUT2D eigenvalue weighted by Gasteiger charge is 2.72. The van der Waals surface area contributed by atoms with Crippen LogP contribution in [0.15, 0.2) is 22.3 Å². The zero-order valence-electron chi connectivity index (χ0n) is 16.9. The summed E-state index contributed by atoms with van der Waals surface area (Å²) in [4.78, 5) is 36.1. The van der Waals surface area contributed by atoms with Crippen LogP contribution in [0, 0.1) is 5.41 Å². The standard InChI is InChI=1S/C20H26O7S2/c1-10-12(7-28-8-13(21)22)15-11(2)19(5-6-19)18(3,25)17(24)20(15,26)16(10)29-9-14(23)27-4/h16,25-26H,5-9H2,1-4H3,(H,21,22)/t16?,18-,20?/m0/s1. The molecular weight excluding hydrogens is 416 g/mol. The van der Waals surface area contributed by atoms with Crippen LogP contribution < -0.4 is 0 Å². The van der Waals surface area contributed by atoms with Gasteiger partial charge in [0.25, 0.3) is 0 Å². The average Bonchev–Trinajstić information content (AvgIpc) is 3.43. The molecule has 3 aliphatic carbocycles. The van der Waals surface area contributed by atoms with Crippen LogP contribution in [0.25, 0.3) is 0 Å². The van der Waals surface area contributed by atoms with E-state index in [2.05, 4.69) is 0 Å². The summed E-state index contributed by atoms with van der Waals surface area (Å²) >= 11 is 2.30. The molecule has 3 aliphatic rings. The monoisotopic (exact) mass is 442 g/mol. The first-order valence-corrected chi connectivity index (χ1v) is 11.5. The van der Waals surface area contributed by atoms with Gasteiger partial charge in [-0.15, -0.1) is 23.5 Å². The summed E-state index contributed by atoms with van der Waals surface area (Å²) in [5, 5.41) is 31.1. The summed E-state index contributed by atoms with van der Waals surface area (Å²) in [7, 11) is 1.27. The fourth-order valence-electron chi connectivity index (χ4n) is 4.84. The predicted octanol–water partition coefficient (Wildman–Crippen LogP) is 1.57. The van der Waals surface area contributed by atoms with E-state index in [1.54, 1.807) is 6.92 Å². The minimum absolute atomic E-state index is 0.0523. The molecule has 3 rings (SSSR count). The number of thioether (sulfide) groups is 2. The van der Waals surface area contributed by atoms with E-state index in [9.17, 15) is 24.6 Å². The Morgan fingerprint density at radius 3 is 2.34 bits per heavy atom. The van der Waals surface area contributed by atoms with Gasteiger partial charge in [0.1, 0.15) is 5.60 Å². The Kier molecular flexibility index (Phi) is 5.75. The van der Waals surface area contributed by atoms with Crippen molar-refractivity contribution in [2.45, 2.75) is 50.1 Å². The van der Waals surface area contributed by atoms with Crippen LogP contribution in [0.1, 0.15) is 33.6 Å². The highest BCUT2D eigenvalue weighted by atomic mass is 32.2. The summed E-state index contributed by atoms with van der Waals surface area (Å²) in [5.41, 5.74) is -1.58. The minimum Gasteiger partial charge on any atom is -0.481 e. The zero-order valence-corrected chi connectivity index (χ0v) is 18.5. The Hall–Kier alpha value is -1.29. The molecule has 1 saturated carbocycles. The summed E-state index contributed by atoms with van der Waals surface area (Å²) in [6.07, 6.45) is 1.32. The first-order chi connectivity index (χ1) is 13.4. The Morgan fingerprint density at radius 1 is 1.21 bits per heavy atom. The van der Waals surface area contributed by atoms with Crippen molar-refractivity contribution in [3.63, 3.8) is 0 Å². The van der Waals surface area contributed by atoms with Gasteiger partial charge in [0.2, 0.25) is 5.78 Å². The molecule has 0 aromatic carbocycles. The van der Waals surface area contributed by atoms with Crippen LogP contribution in [0.4, 0.5) is 0 Å². The van der Waals surface area contributed by atoms with Gasteiger partial charge < -0.3 is 20.1 Å². The average molecular weight is 443 g/mol. The Labute approximate surface area is 178 Å². The van der Waals surface area contributed by atoms with Crippen LogP contribution in [0.2, 0.25) is 0 Å². The molecule has 0 heterocycles. The van der Waals surface area contributed by atoms with E-state index < -0.39 is 39.6 Å². The normalized spacial score (nSPS) is 32.6. The molecule has 0 aliphatic heterocycles. The Balaban J connectivity index is 2.09. The first kappa shape index (κ1) is 22.4. The highest BCUT2D eigenvalue weighted by molar-refractivity contribution is 8.01. The molecule has 29 heavy (non-hydrogen) atoms. The molecule has 1 fully saturated rings. The lowest BCUT2D eigenvalue weighted by molar-refractivity contribution is -0.159. The lowest BCUT2D eigenvalue weighted by atomic mass is 9.63. The third kappa shape index (κ3) is 3.17. The van der Waals surface area contributed by atoms with Crippen molar-refractivity contribution in [3.05, 3.63) is 22.3 Å². The summed E-state index contributed by atoms with van der Waals surface area (Å²) in [6, 6.07) is 0. The number of carboxylic acids is 1. The number of carbonyl (C=O) groups excluding carboxylic acids is 2. The maximum atomic E-state index is 13.5. The molecule has 0 amide bonds. The molecule has 3 atom stereocenters. The number of ketones is 1. The molecular formula is C20H26O7S2. The van der Waals surface area contributed by atoms with E-state index in [4.69, 9.17) is 9.84 Å². The number of fused-ring (bicyclic) bond motifs is 1. The van der Waals surface area contributed by atoms with Gasteiger partial charge in [-0.1, -0.05) is 11.1 Å². The number of aliphatic hydroxyl groups is 2. The molecule has 9 heteroatoms. The molecule has 0 saturated heterocycles. The maximum absolute atomic E-state index is 13.5. The molecule has 7 nitrogen and oxygen atoms in total. The summed E-state index contributed by atoms with van der Waals surface area (Å²) in [6.45, 7) is 5.11. The lowest BCUT2D eigenvalue weighted by Gasteiger charge is -2.47. The third-order valence-corrected chi connectivity index (χ3v) is 8.94. The van der Waals surface area contributed by atoms with E-state index in [1.165, 1.54) is 25.8 Å². The number of methoxy groups -OCH3 is 1. The molecule has 0 aromatic heterocycles. The van der Waals surface area contributed by atoms with Crippen molar-refractivity contribution in [3.8, 4) is 0 Å². The topological polar surface area (TPSA) is 121 Å². The van der Waals surface area contributed by atoms with Crippen LogP contribution in [-0.4, -0.2) is 73.9 Å². The summed E-state index contributed by atoms with van der Waals surface area (Å²) in [5.74, 6) is -1.89. The van der Waals surface area contributed by atoms with Crippen molar-refractivity contribution in [1.82, 2.24) is 0 Å². The van der Waals surface area contributed by atoms with Crippen molar-refractivity contribution in [2.24, 2.45) is 5.41 Å². The largest absolute Gasteiger partial charge is 0.481 e. The van der Waals surface area contributed by atoms with Crippen molar-refractivity contribution in [2.75, 3.05) is 24.4 Å². The second kappa shape index (κ2) is 7.44. The van der Waals surface area contributed by atoms with Crippen molar-refractivity contribution >= 4 is 41.2 Å². The van der Waals surface area contributed by atoms with Gasteiger partial charge in [-0.2, -0.15) is 0 Å².